The summed E-state index contributed by atoms with van der Waals surface area (Å²) in [4.78, 5) is 37.5. The van der Waals surface area contributed by atoms with E-state index in [-0.39, 0.29) is 5.65 Å². The number of aromatic nitrogens is 2. The van der Waals surface area contributed by atoms with Crippen LogP contribution in [-0.2, 0) is 4.79 Å². The number of aromatic hydroxyl groups is 1. The zero-order chi connectivity index (χ0) is 14.9. The molecule has 8 nitrogen and oxygen atoms in total. The van der Waals surface area contributed by atoms with Gasteiger partial charge in [-0.05, 0) is 28.1 Å². The van der Waals surface area contributed by atoms with Crippen molar-refractivity contribution in [1.29, 1.82) is 0 Å². The number of nitrogens with one attached hydrogen (secondary N) is 1. The first-order chi connectivity index (χ1) is 9.40. The molecule has 2 aromatic heterocycles. The Hall–Kier alpha value is -2.42. The highest BCUT2D eigenvalue weighted by Gasteiger charge is 2.20. The standard InChI is InChI=1S/C11H8BrN3O5/c12-5-1-2-6-14-10(19)8(11(20)15(6)4-5)9(18)13-3-7(16)17/h1-2,4,20H,3H2,(H,13,18)(H,16,17). The number of nitrogens with zero attached hydrogens (tertiary/aromatic N) is 2. The summed E-state index contributed by atoms with van der Waals surface area (Å²) in [6.07, 6.45) is 1.42. The summed E-state index contributed by atoms with van der Waals surface area (Å²) in [6, 6.07) is 3.09. The number of halogens is 1. The van der Waals surface area contributed by atoms with Crippen molar-refractivity contribution in [3.8, 4) is 5.88 Å². The zero-order valence-electron chi connectivity index (χ0n) is 9.83. The summed E-state index contributed by atoms with van der Waals surface area (Å²) in [7, 11) is 0. The Balaban J connectivity index is 2.56. The third kappa shape index (κ3) is 2.62. The van der Waals surface area contributed by atoms with Crippen LogP contribution in [0.5, 0.6) is 5.88 Å². The second-order valence-electron chi connectivity index (χ2n) is 3.77. The quantitative estimate of drug-likeness (QED) is 0.721. The molecule has 0 saturated heterocycles. The van der Waals surface area contributed by atoms with Crippen molar-refractivity contribution in [2.45, 2.75) is 0 Å². The number of carbonyl (C=O) groups is 2. The lowest BCUT2D eigenvalue weighted by atomic mass is 10.3. The molecule has 2 heterocycles. The minimum Gasteiger partial charge on any atom is -0.493 e. The average Bonchev–Trinajstić information content (AvgIpc) is 2.37. The summed E-state index contributed by atoms with van der Waals surface area (Å²) in [5.74, 6) is -2.88. The van der Waals surface area contributed by atoms with Crippen LogP contribution >= 0.6 is 15.9 Å². The molecule has 104 valence electrons. The number of hydrogen-bond acceptors (Lipinski definition) is 5. The fourth-order valence-corrected chi connectivity index (χ4v) is 1.88. The molecule has 0 spiro atoms. The van der Waals surface area contributed by atoms with Crippen LogP contribution in [0.25, 0.3) is 5.65 Å². The van der Waals surface area contributed by atoms with E-state index in [0.717, 1.165) is 4.40 Å². The lowest BCUT2D eigenvalue weighted by Crippen LogP contribution is -2.34. The van der Waals surface area contributed by atoms with Crippen molar-refractivity contribution >= 4 is 33.5 Å². The monoisotopic (exact) mass is 341 g/mol. The number of carboxylic acids is 1. The Labute approximate surface area is 119 Å². The third-order valence-electron chi connectivity index (χ3n) is 2.40. The first-order valence-corrected chi connectivity index (χ1v) is 6.10. The van der Waals surface area contributed by atoms with Gasteiger partial charge in [-0.15, -0.1) is 0 Å². The maximum Gasteiger partial charge on any atom is 0.322 e. The van der Waals surface area contributed by atoms with Crippen LogP contribution in [-0.4, -0.2) is 38.0 Å². The number of aliphatic carboxylic acids is 1. The Bertz CT molecular complexity index is 770. The predicted octanol–water partition coefficient (Wildman–Crippen LogP) is -0.0230. The molecule has 0 atom stereocenters. The van der Waals surface area contributed by atoms with Gasteiger partial charge in [-0.2, -0.15) is 4.98 Å². The highest BCUT2D eigenvalue weighted by molar-refractivity contribution is 9.10. The van der Waals surface area contributed by atoms with E-state index in [1.807, 2.05) is 5.32 Å². The van der Waals surface area contributed by atoms with Crippen molar-refractivity contribution in [3.63, 3.8) is 0 Å². The molecule has 2 aromatic rings. The third-order valence-corrected chi connectivity index (χ3v) is 2.87. The van der Waals surface area contributed by atoms with Gasteiger partial charge in [0.25, 0.3) is 11.5 Å². The van der Waals surface area contributed by atoms with Gasteiger partial charge in [0, 0.05) is 10.7 Å². The smallest absolute Gasteiger partial charge is 0.322 e. The average molecular weight is 342 g/mol. The number of fused-ring (bicyclic) bond motifs is 1. The molecule has 0 bridgehead atoms. The van der Waals surface area contributed by atoms with E-state index < -0.39 is 35.4 Å². The Morgan fingerprint density at radius 2 is 2.10 bits per heavy atom. The predicted molar refractivity (Wildman–Crippen MR) is 70.8 cm³/mol. The van der Waals surface area contributed by atoms with Crippen LogP contribution in [0.4, 0.5) is 0 Å². The molecule has 0 aromatic carbocycles. The largest absolute Gasteiger partial charge is 0.493 e. The first kappa shape index (κ1) is 14.0. The van der Waals surface area contributed by atoms with E-state index in [1.54, 1.807) is 6.07 Å². The highest BCUT2D eigenvalue weighted by atomic mass is 79.9. The van der Waals surface area contributed by atoms with Gasteiger partial charge >= 0.3 is 5.97 Å². The second kappa shape index (κ2) is 5.29. The Morgan fingerprint density at radius 3 is 2.75 bits per heavy atom. The van der Waals surface area contributed by atoms with Crippen molar-refractivity contribution in [1.82, 2.24) is 14.7 Å². The summed E-state index contributed by atoms with van der Waals surface area (Å²) in [5, 5.41) is 20.5. The molecule has 0 aliphatic carbocycles. The molecule has 0 aliphatic heterocycles. The van der Waals surface area contributed by atoms with E-state index in [1.165, 1.54) is 12.3 Å². The van der Waals surface area contributed by atoms with Crippen LogP contribution in [0.2, 0.25) is 0 Å². The maximum absolute atomic E-state index is 11.7. The molecule has 3 N–H and O–H groups in total. The second-order valence-corrected chi connectivity index (χ2v) is 4.68. The van der Waals surface area contributed by atoms with Crippen LogP contribution in [0.3, 0.4) is 0 Å². The van der Waals surface area contributed by atoms with Crippen molar-refractivity contribution in [2.24, 2.45) is 0 Å². The van der Waals surface area contributed by atoms with Crippen LogP contribution < -0.4 is 10.9 Å². The van der Waals surface area contributed by atoms with Gasteiger partial charge < -0.3 is 15.5 Å². The summed E-state index contributed by atoms with van der Waals surface area (Å²) < 4.78 is 1.74. The number of hydrogen-bond donors (Lipinski definition) is 3. The van der Waals surface area contributed by atoms with Gasteiger partial charge in [0.05, 0.1) is 0 Å². The number of carboxylic acid groups (broad SMARTS) is 1. The zero-order valence-corrected chi connectivity index (χ0v) is 11.4. The van der Waals surface area contributed by atoms with Gasteiger partial charge in [0.2, 0.25) is 5.88 Å². The van der Waals surface area contributed by atoms with Crippen LogP contribution in [0.1, 0.15) is 10.4 Å². The number of rotatable bonds is 3. The van der Waals surface area contributed by atoms with E-state index in [4.69, 9.17) is 5.11 Å². The van der Waals surface area contributed by atoms with Crippen LogP contribution in [0, 0.1) is 0 Å². The van der Waals surface area contributed by atoms with E-state index in [0.29, 0.717) is 4.47 Å². The minimum absolute atomic E-state index is 0.158. The molecule has 0 unspecified atom stereocenters. The first-order valence-electron chi connectivity index (χ1n) is 5.31. The number of carbonyl (C=O) groups excluding carboxylic acids is 1. The van der Waals surface area contributed by atoms with E-state index >= 15 is 0 Å². The highest BCUT2D eigenvalue weighted by Crippen LogP contribution is 2.18. The van der Waals surface area contributed by atoms with Gasteiger partial charge in [-0.3, -0.25) is 18.8 Å². The molecule has 2 rings (SSSR count). The number of pyridine rings is 1. The normalized spacial score (nSPS) is 10.4. The van der Waals surface area contributed by atoms with Gasteiger partial charge in [0.1, 0.15) is 12.2 Å². The number of amides is 1. The summed E-state index contributed by atoms with van der Waals surface area (Å²) in [6.45, 7) is -0.668. The summed E-state index contributed by atoms with van der Waals surface area (Å²) in [5.41, 5.74) is -1.39. The Kier molecular flexibility index (Phi) is 3.70. The summed E-state index contributed by atoms with van der Waals surface area (Å²) >= 11 is 3.18. The van der Waals surface area contributed by atoms with E-state index in [9.17, 15) is 19.5 Å². The molecular formula is C11H8BrN3O5. The van der Waals surface area contributed by atoms with Crippen LogP contribution in [0.15, 0.2) is 27.6 Å². The topological polar surface area (TPSA) is 121 Å². The molecule has 0 aliphatic rings. The molecule has 0 saturated carbocycles. The Morgan fingerprint density at radius 1 is 1.40 bits per heavy atom. The maximum atomic E-state index is 11.7. The van der Waals surface area contributed by atoms with Gasteiger partial charge in [-0.25, -0.2) is 0 Å². The minimum atomic E-state index is -1.27. The lowest BCUT2D eigenvalue weighted by molar-refractivity contribution is -0.135. The lowest BCUT2D eigenvalue weighted by Gasteiger charge is -2.08. The van der Waals surface area contributed by atoms with Crippen molar-refractivity contribution in [3.05, 3.63) is 38.7 Å². The molecule has 0 fully saturated rings. The fourth-order valence-electron chi connectivity index (χ4n) is 1.55. The SMILES string of the molecule is O=C(O)CNC(=O)c1c(O)n2cc(Br)ccc2nc1=O. The van der Waals surface area contributed by atoms with Gasteiger partial charge in [0.15, 0.2) is 5.56 Å². The molecular weight excluding hydrogens is 334 g/mol. The van der Waals surface area contributed by atoms with Crippen molar-refractivity contribution in [2.75, 3.05) is 6.54 Å². The van der Waals surface area contributed by atoms with E-state index in [2.05, 4.69) is 20.9 Å². The molecule has 1 amide bonds. The molecule has 20 heavy (non-hydrogen) atoms. The molecule has 0 radical (unpaired) electrons. The molecule has 9 heteroatoms. The van der Waals surface area contributed by atoms with Crippen molar-refractivity contribution < 1.29 is 19.8 Å². The van der Waals surface area contributed by atoms with Gasteiger partial charge in [-0.1, -0.05) is 0 Å². The fraction of sp³-hybridized carbons (Fsp3) is 0.0909.